The molecule has 84 valence electrons. The van der Waals surface area contributed by atoms with Crippen LogP contribution in [0, 0.1) is 18.8 Å². The third-order valence-corrected chi connectivity index (χ3v) is 1.97. The van der Waals surface area contributed by atoms with E-state index in [0.717, 1.165) is 11.1 Å². The van der Waals surface area contributed by atoms with Gasteiger partial charge in [-0.1, -0.05) is 17.9 Å². The van der Waals surface area contributed by atoms with Crippen LogP contribution < -0.4 is 5.32 Å². The first-order valence-electron chi connectivity index (χ1n) is 4.72. The molecule has 0 aliphatic rings. The molecule has 1 aromatic rings. The Labute approximate surface area is 94.2 Å². The van der Waals surface area contributed by atoms with Crippen LogP contribution in [0.25, 0.3) is 0 Å². The minimum absolute atomic E-state index is 0.187. The monoisotopic (exact) mass is 219 g/mol. The van der Waals surface area contributed by atoms with E-state index in [1.165, 1.54) is 7.11 Å². The van der Waals surface area contributed by atoms with Crippen LogP contribution in [-0.2, 0) is 4.74 Å². The van der Waals surface area contributed by atoms with Gasteiger partial charge in [-0.25, -0.2) is 4.79 Å². The molecule has 0 radical (unpaired) electrons. The van der Waals surface area contributed by atoms with Crippen molar-refractivity contribution in [2.24, 2.45) is 0 Å². The summed E-state index contributed by atoms with van der Waals surface area (Å²) >= 11 is 0. The molecule has 0 aliphatic carbocycles. The molecule has 0 spiro atoms. The summed E-state index contributed by atoms with van der Waals surface area (Å²) in [7, 11) is 1.31. The zero-order valence-electron chi connectivity index (χ0n) is 9.20. The summed E-state index contributed by atoms with van der Waals surface area (Å²) in [6.07, 6.45) is -0.518. The van der Waals surface area contributed by atoms with Gasteiger partial charge in [0.05, 0.1) is 7.11 Å². The van der Waals surface area contributed by atoms with E-state index in [2.05, 4.69) is 21.9 Å². The number of methoxy groups -OCH3 is 1. The quantitative estimate of drug-likeness (QED) is 0.704. The van der Waals surface area contributed by atoms with Gasteiger partial charge in [0.2, 0.25) is 0 Å². The minimum Gasteiger partial charge on any atom is -0.453 e. The molecule has 0 aromatic heterocycles. The minimum atomic E-state index is -0.518. The third kappa shape index (κ3) is 3.30. The van der Waals surface area contributed by atoms with Gasteiger partial charge in [-0.15, -0.1) is 0 Å². The lowest BCUT2D eigenvalue weighted by atomic mass is 10.1. The maximum absolute atomic E-state index is 11.0. The van der Waals surface area contributed by atoms with Gasteiger partial charge in [-0.3, -0.25) is 5.32 Å². The largest absolute Gasteiger partial charge is 0.453 e. The topological polar surface area (TPSA) is 58.6 Å². The lowest BCUT2D eigenvalue weighted by molar-refractivity contribution is 0.187. The average Bonchev–Trinajstić information content (AvgIpc) is 2.30. The van der Waals surface area contributed by atoms with Crippen LogP contribution in [-0.4, -0.2) is 24.9 Å². The second kappa shape index (κ2) is 5.79. The standard InChI is InChI=1S/C12H13NO3/c1-9-5-6-10(4-3-7-14)8-11(9)13-12(15)16-2/h5-6,8,14H,7H2,1-2H3,(H,13,15). The predicted octanol–water partition coefficient (Wildman–Crippen LogP) is 1.52. The zero-order valence-corrected chi connectivity index (χ0v) is 9.20. The van der Waals surface area contributed by atoms with E-state index in [9.17, 15) is 4.79 Å². The molecule has 0 saturated carbocycles. The van der Waals surface area contributed by atoms with Gasteiger partial charge in [-0.05, 0) is 24.6 Å². The van der Waals surface area contributed by atoms with Crippen LogP contribution in [0.4, 0.5) is 10.5 Å². The van der Waals surface area contributed by atoms with Crippen molar-refractivity contribution < 1.29 is 14.6 Å². The van der Waals surface area contributed by atoms with Gasteiger partial charge in [0.25, 0.3) is 0 Å². The van der Waals surface area contributed by atoms with Crippen LogP contribution in [0.5, 0.6) is 0 Å². The lowest BCUT2D eigenvalue weighted by Gasteiger charge is -2.07. The lowest BCUT2D eigenvalue weighted by Crippen LogP contribution is -2.11. The number of nitrogens with one attached hydrogen (secondary N) is 1. The smallest absolute Gasteiger partial charge is 0.411 e. The summed E-state index contributed by atoms with van der Waals surface area (Å²) in [5.41, 5.74) is 2.29. The summed E-state index contributed by atoms with van der Waals surface area (Å²) in [6, 6.07) is 5.39. The van der Waals surface area contributed by atoms with Crippen LogP contribution in [0.1, 0.15) is 11.1 Å². The Morgan fingerprint density at radius 1 is 1.56 bits per heavy atom. The molecule has 1 amide bonds. The van der Waals surface area contributed by atoms with Crippen molar-refractivity contribution >= 4 is 11.8 Å². The molecule has 4 heteroatoms. The van der Waals surface area contributed by atoms with Crippen molar-refractivity contribution in [1.29, 1.82) is 0 Å². The highest BCUT2D eigenvalue weighted by Gasteiger charge is 2.03. The summed E-state index contributed by atoms with van der Waals surface area (Å²) < 4.78 is 4.50. The Kier molecular flexibility index (Phi) is 4.37. The second-order valence-corrected chi connectivity index (χ2v) is 3.11. The van der Waals surface area contributed by atoms with Crippen LogP contribution in [0.15, 0.2) is 18.2 Å². The first kappa shape index (κ1) is 12.1. The summed E-state index contributed by atoms with van der Waals surface area (Å²) in [5, 5.41) is 11.2. The maximum atomic E-state index is 11.0. The Morgan fingerprint density at radius 3 is 2.94 bits per heavy atom. The molecule has 0 heterocycles. The highest BCUT2D eigenvalue weighted by molar-refractivity contribution is 5.85. The fourth-order valence-electron chi connectivity index (χ4n) is 1.14. The Morgan fingerprint density at radius 2 is 2.31 bits per heavy atom. The number of rotatable bonds is 1. The number of anilines is 1. The fraction of sp³-hybridized carbons (Fsp3) is 0.250. The molecule has 0 unspecified atom stereocenters. The third-order valence-electron chi connectivity index (χ3n) is 1.97. The summed E-state index contributed by atoms with van der Waals surface area (Å²) in [5.74, 6) is 5.30. The maximum Gasteiger partial charge on any atom is 0.411 e. The average molecular weight is 219 g/mol. The molecule has 0 atom stereocenters. The first-order valence-corrected chi connectivity index (χ1v) is 4.72. The second-order valence-electron chi connectivity index (χ2n) is 3.11. The van der Waals surface area contributed by atoms with Crippen molar-refractivity contribution in [3.63, 3.8) is 0 Å². The van der Waals surface area contributed by atoms with Crippen LogP contribution >= 0.6 is 0 Å². The molecule has 1 aromatic carbocycles. The predicted molar refractivity (Wildman–Crippen MR) is 61.2 cm³/mol. The van der Waals surface area contributed by atoms with Gasteiger partial charge in [0.15, 0.2) is 0 Å². The number of benzene rings is 1. The number of aliphatic hydroxyl groups is 1. The van der Waals surface area contributed by atoms with Crippen molar-refractivity contribution in [1.82, 2.24) is 0 Å². The van der Waals surface area contributed by atoms with E-state index < -0.39 is 6.09 Å². The van der Waals surface area contributed by atoms with E-state index in [0.29, 0.717) is 5.69 Å². The molecular formula is C12H13NO3. The van der Waals surface area contributed by atoms with Crippen molar-refractivity contribution in [3.05, 3.63) is 29.3 Å². The molecule has 1 rings (SSSR count). The van der Waals surface area contributed by atoms with Gasteiger partial charge >= 0.3 is 6.09 Å². The molecule has 0 saturated heterocycles. The van der Waals surface area contributed by atoms with E-state index in [4.69, 9.17) is 5.11 Å². The van der Waals surface area contributed by atoms with E-state index in [1.54, 1.807) is 6.07 Å². The van der Waals surface area contributed by atoms with Crippen molar-refractivity contribution in [3.8, 4) is 11.8 Å². The zero-order chi connectivity index (χ0) is 12.0. The number of carbonyl (C=O) groups excluding carboxylic acids is 1. The van der Waals surface area contributed by atoms with Gasteiger partial charge < -0.3 is 9.84 Å². The van der Waals surface area contributed by atoms with Gasteiger partial charge in [0.1, 0.15) is 6.61 Å². The van der Waals surface area contributed by atoms with Crippen molar-refractivity contribution in [2.75, 3.05) is 19.0 Å². The molecule has 2 N–H and O–H groups in total. The first-order chi connectivity index (χ1) is 7.67. The highest BCUT2D eigenvalue weighted by Crippen LogP contribution is 2.16. The molecule has 4 nitrogen and oxygen atoms in total. The van der Waals surface area contributed by atoms with Crippen LogP contribution in [0.3, 0.4) is 0 Å². The summed E-state index contributed by atoms with van der Waals surface area (Å²) in [4.78, 5) is 11.0. The Hall–Kier alpha value is -1.99. The number of hydrogen-bond donors (Lipinski definition) is 2. The number of amides is 1. The SMILES string of the molecule is COC(=O)Nc1cc(C#CCO)ccc1C. The number of hydrogen-bond acceptors (Lipinski definition) is 3. The Bertz CT molecular complexity index is 443. The van der Waals surface area contributed by atoms with Crippen molar-refractivity contribution in [2.45, 2.75) is 6.92 Å². The number of ether oxygens (including phenoxy) is 1. The molecule has 0 aliphatic heterocycles. The fourth-order valence-corrected chi connectivity index (χ4v) is 1.14. The molecule has 0 bridgehead atoms. The number of carbonyl (C=O) groups is 1. The van der Waals surface area contributed by atoms with E-state index in [1.807, 2.05) is 19.1 Å². The number of aryl methyl sites for hydroxylation is 1. The summed E-state index contributed by atoms with van der Waals surface area (Å²) in [6.45, 7) is 1.68. The van der Waals surface area contributed by atoms with Gasteiger partial charge in [0, 0.05) is 11.3 Å². The molecular weight excluding hydrogens is 206 g/mol. The van der Waals surface area contributed by atoms with Crippen LogP contribution in [0.2, 0.25) is 0 Å². The van der Waals surface area contributed by atoms with Gasteiger partial charge in [-0.2, -0.15) is 0 Å². The molecule has 0 fully saturated rings. The number of aliphatic hydroxyl groups excluding tert-OH is 1. The van der Waals surface area contributed by atoms with E-state index >= 15 is 0 Å². The molecule has 16 heavy (non-hydrogen) atoms. The van der Waals surface area contributed by atoms with E-state index in [-0.39, 0.29) is 6.61 Å². The normalized spacial score (nSPS) is 8.94. The highest BCUT2D eigenvalue weighted by atomic mass is 16.5. The Balaban J connectivity index is 2.94.